The van der Waals surface area contributed by atoms with Crippen molar-refractivity contribution in [2.75, 3.05) is 0 Å². The zero-order chi connectivity index (χ0) is 14.1. The fourth-order valence-electron chi connectivity index (χ4n) is 1.81. The van der Waals surface area contributed by atoms with Crippen LogP contribution in [0.25, 0.3) is 10.8 Å². The van der Waals surface area contributed by atoms with Gasteiger partial charge in [0, 0.05) is 0 Å². The maximum atomic E-state index is 5.97. The second kappa shape index (κ2) is 5.38. The van der Waals surface area contributed by atoms with Crippen molar-refractivity contribution in [2.24, 2.45) is 0 Å². The van der Waals surface area contributed by atoms with E-state index in [9.17, 15) is 0 Å². The van der Waals surface area contributed by atoms with Crippen molar-refractivity contribution in [3.05, 3.63) is 40.9 Å². The molecule has 3 aromatic rings. The number of hydrogen-bond donors (Lipinski definition) is 0. The third-order valence-electron chi connectivity index (χ3n) is 2.90. The van der Waals surface area contributed by atoms with Gasteiger partial charge in [0.25, 0.3) is 0 Å². The Labute approximate surface area is 125 Å². The van der Waals surface area contributed by atoms with Crippen molar-refractivity contribution in [3.63, 3.8) is 0 Å². The van der Waals surface area contributed by atoms with E-state index in [-0.39, 0.29) is 5.38 Å². The van der Waals surface area contributed by atoms with Gasteiger partial charge in [0.15, 0.2) is 0 Å². The van der Waals surface area contributed by atoms with Gasteiger partial charge < -0.3 is 4.42 Å². The summed E-state index contributed by atoms with van der Waals surface area (Å²) < 4.78 is 7.42. The minimum Gasteiger partial charge on any atom is -0.440 e. The van der Waals surface area contributed by atoms with Gasteiger partial charge in [-0.3, -0.25) is 0 Å². The summed E-state index contributed by atoms with van der Waals surface area (Å²) >= 11 is 7.58. The number of hydrogen-bond acceptors (Lipinski definition) is 5. The third-order valence-corrected chi connectivity index (χ3v) is 3.98. The SMILES string of the molecule is Cc1oc(-c2cccs2)nc1Cn1cc(C(C)Cl)nn1. The Bertz CT molecular complexity index is 702. The van der Waals surface area contributed by atoms with Gasteiger partial charge in [-0.25, -0.2) is 9.67 Å². The van der Waals surface area contributed by atoms with Gasteiger partial charge in [0.1, 0.15) is 17.1 Å². The van der Waals surface area contributed by atoms with Crippen molar-refractivity contribution in [1.29, 1.82) is 0 Å². The van der Waals surface area contributed by atoms with E-state index in [1.165, 1.54) is 0 Å². The van der Waals surface area contributed by atoms with Crippen LogP contribution in [-0.2, 0) is 6.54 Å². The number of rotatable bonds is 4. The van der Waals surface area contributed by atoms with E-state index in [4.69, 9.17) is 16.0 Å². The summed E-state index contributed by atoms with van der Waals surface area (Å²) in [4.78, 5) is 5.55. The number of oxazole rings is 1. The lowest BCUT2D eigenvalue weighted by Crippen LogP contribution is -2.02. The largest absolute Gasteiger partial charge is 0.440 e. The molecular formula is C13H13ClN4OS. The van der Waals surface area contributed by atoms with E-state index in [0.717, 1.165) is 22.0 Å². The van der Waals surface area contributed by atoms with Crippen LogP contribution in [0, 0.1) is 6.92 Å². The summed E-state index contributed by atoms with van der Waals surface area (Å²) in [6.07, 6.45) is 1.83. The zero-order valence-corrected chi connectivity index (χ0v) is 12.6. The Balaban J connectivity index is 1.83. The molecule has 3 heterocycles. The summed E-state index contributed by atoms with van der Waals surface area (Å²) in [6, 6.07) is 3.97. The number of aromatic nitrogens is 4. The van der Waals surface area contributed by atoms with Crippen molar-refractivity contribution in [1.82, 2.24) is 20.0 Å². The molecule has 3 rings (SSSR count). The maximum Gasteiger partial charge on any atom is 0.236 e. The molecule has 0 spiro atoms. The lowest BCUT2D eigenvalue weighted by molar-refractivity contribution is 0.536. The molecule has 0 aliphatic carbocycles. The fourth-order valence-corrected chi connectivity index (χ4v) is 2.56. The number of nitrogens with zero attached hydrogens (tertiary/aromatic N) is 4. The van der Waals surface area contributed by atoms with Crippen LogP contribution in [-0.4, -0.2) is 20.0 Å². The highest BCUT2D eigenvalue weighted by atomic mass is 35.5. The van der Waals surface area contributed by atoms with Crippen LogP contribution in [0.5, 0.6) is 0 Å². The van der Waals surface area contributed by atoms with Crippen molar-refractivity contribution in [3.8, 4) is 10.8 Å². The standard InChI is InChI=1S/C13H13ClN4OS/c1-8(14)10-6-18(17-16-10)7-11-9(2)19-13(15-11)12-4-3-5-20-12/h3-6,8H,7H2,1-2H3. The summed E-state index contributed by atoms with van der Waals surface area (Å²) in [6.45, 7) is 4.30. The Morgan fingerprint density at radius 1 is 1.50 bits per heavy atom. The summed E-state index contributed by atoms with van der Waals surface area (Å²) in [5, 5.41) is 9.92. The zero-order valence-electron chi connectivity index (χ0n) is 11.1. The minimum atomic E-state index is -0.149. The first kappa shape index (κ1) is 13.3. The van der Waals surface area contributed by atoms with Gasteiger partial charge in [-0.1, -0.05) is 11.3 Å². The van der Waals surface area contributed by atoms with Crippen LogP contribution in [0.4, 0.5) is 0 Å². The summed E-state index contributed by atoms with van der Waals surface area (Å²) in [7, 11) is 0. The van der Waals surface area contributed by atoms with Gasteiger partial charge in [0.05, 0.1) is 23.0 Å². The lowest BCUT2D eigenvalue weighted by Gasteiger charge is -1.96. The predicted octanol–water partition coefficient (Wildman–Crippen LogP) is 3.65. The molecule has 0 aromatic carbocycles. The van der Waals surface area contributed by atoms with E-state index >= 15 is 0 Å². The van der Waals surface area contributed by atoms with Gasteiger partial charge in [-0.2, -0.15) is 0 Å². The molecule has 3 aromatic heterocycles. The lowest BCUT2D eigenvalue weighted by atomic mass is 10.3. The predicted molar refractivity (Wildman–Crippen MR) is 77.9 cm³/mol. The molecular weight excluding hydrogens is 296 g/mol. The van der Waals surface area contributed by atoms with E-state index < -0.39 is 0 Å². The van der Waals surface area contributed by atoms with Crippen LogP contribution in [0.15, 0.2) is 28.1 Å². The van der Waals surface area contributed by atoms with Gasteiger partial charge >= 0.3 is 0 Å². The molecule has 0 amide bonds. The molecule has 20 heavy (non-hydrogen) atoms. The molecule has 1 atom stereocenters. The Morgan fingerprint density at radius 2 is 2.35 bits per heavy atom. The molecule has 0 aliphatic rings. The van der Waals surface area contributed by atoms with Gasteiger partial charge in [-0.15, -0.1) is 28.0 Å². The van der Waals surface area contributed by atoms with Crippen molar-refractivity contribution < 1.29 is 4.42 Å². The highest BCUT2D eigenvalue weighted by Crippen LogP contribution is 2.26. The molecule has 0 saturated heterocycles. The number of alkyl halides is 1. The smallest absolute Gasteiger partial charge is 0.236 e. The number of thiophene rings is 1. The minimum absolute atomic E-state index is 0.149. The fraction of sp³-hybridized carbons (Fsp3) is 0.308. The van der Waals surface area contributed by atoms with Gasteiger partial charge in [-0.05, 0) is 25.3 Å². The second-order valence-corrected chi connectivity index (χ2v) is 6.06. The Hall–Kier alpha value is -1.66. The van der Waals surface area contributed by atoms with Crippen LogP contribution in [0.2, 0.25) is 0 Å². The molecule has 0 N–H and O–H groups in total. The topological polar surface area (TPSA) is 56.7 Å². The van der Waals surface area contributed by atoms with Crippen LogP contribution in [0.1, 0.15) is 29.4 Å². The molecule has 5 nitrogen and oxygen atoms in total. The Morgan fingerprint density at radius 3 is 3.00 bits per heavy atom. The van der Waals surface area contributed by atoms with E-state index in [2.05, 4.69) is 15.3 Å². The summed E-state index contributed by atoms with van der Waals surface area (Å²) in [5.41, 5.74) is 1.61. The average molecular weight is 309 g/mol. The number of aryl methyl sites for hydroxylation is 1. The molecule has 1 unspecified atom stereocenters. The van der Waals surface area contributed by atoms with Crippen LogP contribution in [0.3, 0.4) is 0 Å². The second-order valence-electron chi connectivity index (χ2n) is 4.46. The highest BCUT2D eigenvalue weighted by molar-refractivity contribution is 7.13. The first-order valence-corrected chi connectivity index (χ1v) is 7.49. The summed E-state index contributed by atoms with van der Waals surface area (Å²) in [5.74, 6) is 1.45. The monoisotopic (exact) mass is 308 g/mol. The van der Waals surface area contributed by atoms with Crippen molar-refractivity contribution >= 4 is 22.9 Å². The molecule has 0 bridgehead atoms. The highest BCUT2D eigenvalue weighted by Gasteiger charge is 2.14. The normalized spacial score (nSPS) is 12.8. The molecule has 0 aliphatic heterocycles. The maximum absolute atomic E-state index is 5.97. The van der Waals surface area contributed by atoms with Crippen LogP contribution >= 0.6 is 22.9 Å². The quantitative estimate of drug-likeness (QED) is 0.690. The third kappa shape index (κ3) is 2.62. The average Bonchev–Trinajstić information content (AvgIpc) is 3.11. The molecule has 0 radical (unpaired) electrons. The number of halogens is 1. The van der Waals surface area contributed by atoms with Gasteiger partial charge in [0.2, 0.25) is 5.89 Å². The molecule has 0 saturated carbocycles. The first-order valence-electron chi connectivity index (χ1n) is 6.18. The van der Waals surface area contributed by atoms with Crippen LogP contribution < -0.4 is 0 Å². The molecule has 104 valence electrons. The van der Waals surface area contributed by atoms with Crippen molar-refractivity contribution in [2.45, 2.75) is 25.8 Å². The molecule has 7 heteroatoms. The first-order chi connectivity index (χ1) is 9.63. The van der Waals surface area contributed by atoms with E-state index in [1.807, 2.05) is 37.6 Å². The Kier molecular flexibility index (Phi) is 3.58. The van der Waals surface area contributed by atoms with E-state index in [0.29, 0.717) is 12.4 Å². The van der Waals surface area contributed by atoms with E-state index in [1.54, 1.807) is 16.0 Å². The molecule has 0 fully saturated rings.